The van der Waals surface area contributed by atoms with Gasteiger partial charge in [0.25, 0.3) is 5.56 Å². The monoisotopic (exact) mass is 369 g/mol. The Morgan fingerprint density at radius 3 is 2.78 bits per heavy atom. The molecule has 1 aliphatic heterocycles. The van der Waals surface area contributed by atoms with Crippen molar-refractivity contribution >= 4 is 0 Å². The average molecular weight is 369 g/mol. The van der Waals surface area contributed by atoms with E-state index in [4.69, 9.17) is 14.5 Å². The minimum Gasteiger partial charge on any atom is -0.494 e. The molecule has 1 aromatic heterocycles. The van der Waals surface area contributed by atoms with Crippen molar-refractivity contribution in [3.8, 4) is 11.5 Å². The lowest BCUT2D eigenvalue weighted by molar-refractivity contribution is 0.233. The molecule has 1 saturated carbocycles. The van der Waals surface area contributed by atoms with E-state index in [1.54, 1.807) is 0 Å². The number of fused-ring (bicyclic) bond motifs is 1. The van der Waals surface area contributed by atoms with Gasteiger partial charge in [0.1, 0.15) is 17.3 Å². The van der Waals surface area contributed by atoms with E-state index >= 15 is 0 Å². The number of benzene rings is 1. The van der Waals surface area contributed by atoms with Crippen LogP contribution in [0.25, 0.3) is 0 Å². The first-order valence-corrected chi connectivity index (χ1v) is 9.90. The number of rotatable bonds is 7. The van der Waals surface area contributed by atoms with Crippen LogP contribution in [-0.2, 0) is 19.5 Å². The van der Waals surface area contributed by atoms with Gasteiger partial charge in [0.05, 0.1) is 18.9 Å². The first kappa shape index (κ1) is 18.0. The van der Waals surface area contributed by atoms with Crippen LogP contribution >= 0.6 is 0 Å². The van der Waals surface area contributed by atoms with E-state index in [2.05, 4.69) is 16.0 Å². The van der Waals surface area contributed by atoms with Gasteiger partial charge in [-0.25, -0.2) is 4.98 Å². The second kappa shape index (κ2) is 7.72. The summed E-state index contributed by atoms with van der Waals surface area (Å²) in [6.45, 7) is 7.55. The Balaban J connectivity index is 1.53. The smallest absolute Gasteiger partial charge is 0.254 e. The quantitative estimate of drug-likeness (QED) is 0.813. The molecule has 2 aliphatic rings. The van der Waals surface area contributed by atoms with Crippen LogP contribution in [0.1, 0.15) is 55.3 Å². The zero-order valence-electron chi connectivity index (χ0n) is 16.1. The Morgan fingerprint density at radius 1 is 1.22 bits per heavy atom. The van der Waals surface area contributed by atoms with E-state index in [0.717, 1.165) is 66.5 Å². The van der Waals surface area contributed by atoms with Crippen LogP contribution in [0.5, 0.6) is 11.5 Å². The molecule has 1 aliphatic carbocycles. The van der Waals surface area contributed by atoms with E-state index in [1.165, 1.54) is 0 Å². The Bertz CT molecular complexity index is 873. The second-order valence-corrected chi connectivity index (χ2v) is 7.25. The van der Waals surface area contributed by atoms with Gasteiger partial charge in [-0.2, -0.15) is 0 Å². The van der Waals surface area contributed by atoms with Crippen LogP contribution in [0.2, 0.25) is 0 Å². The van der Waals surface area contributed by atoms with Gasteiger partial charge in [-0.15, -0.1) is 0 Å². The Kier molecular flexibility index (Phi) is 5.16. The van der Waals surface area contributed by atoms with Crippen LogP contribution in [-0.4, -0.2) is 34.6 Å². The minimum absolute atomic E-state index is 0.0534. The van der Waals surface area contributed by atoms with E-state index in [1.807, 2.05) is 26.0 Å². The second-order valence-electron chi connectivity index (χ2n) is 7.25. The molecule has 0 saturated heterocycles. The highest BCUT2D eigenvalue weighted by Crippen LogP contribution is 2.38. The molecular weight excluding hydrogens is 342 g/mol. The van der Waals surface area contributed by atoms with Gasteiger partial charge < -0.3 is 14.5 Å². The summed E-state index contributed by atoms with van der Waals surface area (Å²) in [6, 6.07) is 6.04. The zero-order chi connectivity index (χ0) is 18.8. The predicted molar refractivity (Wildman–Crippen MR) is 103 cm³/mol. The number of H-pyrrole nitrogens is 1. The standard InChI is InChI=1S/C21H27N3O3/c1-3-26-16-8-7-15(19(11-16)27-4-2)12-24-10-9-17-18(13-24)22-20(14-5-6-14)23-21(17)25/h7-8,11,14H,3-6,9-10,12-13H2,1-2H3,(H,22,23,25). The van der Waals surface area contributed by atoms with E-state index in [0.29, 0.717) is 25.7 Å². The van der Waals surface area contributed by atoms with Gasteiger partial charge in [-0.1, -0.05) is 6.07 Å². The third-order valence-electron chi connectivity index (χ3n) is 5.18. The highest BCUT2D eigenvalue weighted by Gasteiger charge is 2.29. The molecule has 1 aromatic carbocycles. The molecular formula is C21H27N3O3. The molecule has 1 fully saturated rings. The molecule has 0 spiro atoms. The van der Waals surface area contributed by atoms with Gasteiger partial charge in [0, 0.05) is 42.7 Å². The predicted octanol–water partition coefficient (Wildman–Crippen LogP) is 3.00. The van der Waals surface area contributed by atoms with Crippen molar-refractivity contribution in [2.24, 2.45) is 0 Å². The van der Waals surface area contributed by atoms with Crippen molar-refractivity contribution in [1.82, 2.24) is 14.9 Å². The fourth-order valence-corrected chi connectivity index (χ4v) is 3.65. The summed E-state index contributed by atoms with van der Waals surface area (Å²) in [7, 11) is 0. The largest absolute Gasteiger partial charge is 0.494 e. The van der Waals surface area contributed by atoms with Crippen molar-refractivity contribution in [2.75, 3.05) is 19.8 Å². The van der Waals surface area contributed by atoms with E-state index < -0.39 is 0 Å². The molecule has 1 N–H and O–H groups in total. The topological polar surface area (TPSA) is 67.5 Å². The summed E-state index contributed by atoms with van der Waals surface area (Å²) >= 11 is 0. The lowest BCUT2D eigenvalue weighted by Crippen LogP contribution is -2.35. The zero-order valence-corrected chi connectivity index (χ0v) is 16.1. The maximum atomic E-state index is 12.4. The summed E-state index contributed by atoms with van der Waals surface area (Å²) in [6.07, 6.45) is 3.01. The van der Waals surface area contributed by atoms with Crippen LogP contribution in [0, 0.1) is 0 Å². The van der Waals surface area contributed by atoms with Gasteiger partial charge in [0.2, 0.25) is 0 Å². The van der Waals surface area contributed by atoms with E-state index in [9.17, 15) is 4.79 Å². The summed E-state index contributed by atoms with van der Waals surface area (Å²) < 4.78 is 11.4. The molecule has 144 valence electrons. The molecule has 0 amide bonds. The fourth-order valence-electron chi connectivity index (χ4n) is 3.65. The summed E-state index contributed by atoms with van der Waals surface area (Å²) in [5.41, 5.74) is 2.98. The summed E-state index contributed by atoms with van der Waals surface area (Å²) in [4.78, 5) is 22.5. The number of hydrogen-bond acceptors (Lipinski definition) is 5. The average Bonchev–Trinajstić information content (AvgIpc) is 3.49. The number of hydrogen-bond donors (Lipinski definition) is 1. The molecule has 0 atom stereocenters. The first-order chi connectivity index (χ1) is 13.2. The SMILES string of the molecule is CCOc1ccc(CN2CCc3c(nc(C4CC4)[nH]c3=O)C2)c(OCC)c1. The number of ether oxygens (including phenoxy) is 2. The molecule has 6 heteroatoms. The van der Waals surface area contributed by atoms with Gasteiger partial charge >= 0.3 is 0 Å². The minimum atomic E-state index is 0.0534. The Labute approximate surface area is 159 Å². The fraction of sp³-hybridized carbons (Fsp3) is 0.524. The van der Waals surface area contributed by atoms with Crippen LogP contribution in [0.4, 0.5) is 0 Å². The molecule has 6 nitrogen and oxygen atoms in total. The highest BCUT2D eigenvalue weighted by molar-refractivity contribution is 5.41. The van der Waals surface area contributed by atoms with Crippen molar-refractivity contribution in [3.63, 3.8) is 0 Å². The number of aromatic nitrogens is 2. The lowest BCUT2D eigenvalue weighted by atomic mass is 10.0. The van der Waals surface area contributed by atoms with Crippen LogP contribution < -0.4 is 15.0 Å². The summed E-state index contributed by atoms with van der Waals surface area (Å²) in [5.74, 6) is 3.02. The van der Waals surface area contributed by atoms with Crippen LogP contribution in [0.3, 0.4) is 0 Å². The van der Waals surface area contributed by atoms with Gasteiger partial charge in [-0.05, 0) is 39.2 Å². The summed E-state index contributed by atoms with van der Waals surface area (Å²) in [5, 5.41) is 0. The maximum absolute atomic E-state index is 12.4. The Morgan fingerprint density at radius 2 is 2.04 bits per heavy atom. The molecule has 4 rings (SSSR count). The number of nitrogens with zero attached hydrogens (tertiary/aromatic N) is 2. The molecule has 0 unspecified atom stereocenters. The normalized spacial score (nSPS) is 16.8. The first-order valence-electron chi connectivity index (χ1n) is 9.90. The molecule has 27 heavy (non-hydrogen) atoms. The number of aromatic amines is 1. The van der Waals surface area contributed by atoms with Crippen molar-refractivity contribution in [2.45, 2.75) is 52.1 Å². The maximum Gasteiger partial charge on any atom is 0.254 e. The van der Waals surface area contributed by atoms with E-state index in [-0.39, 0.29) is 5.56 Å². The van der Waals surface area contributed by atoms with Crippen molar-refractivity contribution < 1.29 is 9.47 Å². The van der Waals surface area contributed by atoms with Gasteiger partial charge in [-0.3, -0.25) is 9.69 Å². The highest BCUT2D eigenvalue weighted by atomic mass is 16.5. The lowest BCUT2D eigenvalue weighted by Gasteiger charge is -2.28. The van der Waals surface area contributed by atoms with Crippen LogP contribution in [0.15, 0.2) is 23.0 Å². The van der Waals surface area contributed by atoms with Gasteiger partial charge in [0.15, 0.2) is 0 Å². The van der Waals surface area contributed by atoms with Crippen molar-refractivity contribution in [1.29, 1.82) is 0 Å². The molecule has 2 heterocycles. The Hall–Kier alpha value is -2.34. The molecule has 0 bridgehead atoms. The van der Waals surface area contributed by atoms with Crippen molar-refractivity contribution in [3.05, 3.63) is 51.2 Å². The third kappa shape index (κ3) is 4.00. The molecule has 0 radical (unpaired) electrons. The third-order valence-corrected chi connectivity index (χ3v) is 5.18. The molecule has 2 aromatic rings. The number of nitrogens with one attached hydrogen (secondary N) is 1.